The molecule has 1 fully saturated rings. The summed E-state index contributed by atoms with van der Waals surface area (Å²) in [5, 5.41) is 0.429. The molecular formula is C16H16ClF3N4O2S. The fourth-order valence-electron chi connectivity index (χ4n) is 2.77. The Labute approximate surface area is 159 Å². The average Bonchev–Trinajstić information content (AvgIpc) is 2.61. The van der Waals surface area contributed by atoms with E-state index in [2.05, 4.69) is 9.97 Å². The van der Waals surface area contributed by atoms with Crippen molar-refractivity contribution in [1.29, 1.82) is 0 Å². The molecule has 146 valence electrons. The highest BCUT2D eigenvalue weighted by Gasteiger charge is 2.35. The van der Waals surface area contributed by atoms with E-state index >= 15 is 0 Å². The first kappa shape index (κ1) is 19.8. The second-order valence-corrected chi connectivity index (χ2v) is 8.38. The van der Waals surface area contributed by atoms with Crippen LogP contribution < -0.4 is 4.90 Å². The zero-order chi connectivity index (χ0) is 19.8. The van der Waals surface area contributed by atoms with Gasteiger partial charge in [-0.15, -0.1) is 0 Å². The lowest BCUT2D eigenvalue weighted by Crippen LogP contribution is -2.49. The molecule has 6 nitrogen and oxygen atoms in total. The van der Waals surface area contributed by atoms with Gasteiger partial charge in [-0.25, -0.2) is 18.4 Å². The van der Waals surface area contributed by atoms with Crippen molar-refractivity contribution < 1.29 is 21.6 Å². The van der Waals surface area contributed by atoms with Crippen molar-refractivity contribution in [3.8, 4) is 0 Å². The van der Waals surface area contributed by atoms with E-state index in [0.717, 1.165) is 6.07 Å². The number of alkyl halides is 3. The van der Waals surface area contributed by atoms with Crippen molar-refractivity contribution in [3.63, 3.8) is 0 Å². The Balaban J connectivity index is 1.76. The molecule has 2 aromatic rings. The molecule has 1 aromatic carbocycles. The third-order valence-electron chi connectivity index (χ3n) is 4.13. The minimum atomic E-state index is -4.57. The van der Waals surface area contributed by atoms with Gasteiger partial charge < -0.3 is 4.90 Å². The van der Waals surface area contributed by atoms with E-state index in [4.69, 9.17) is 11.6 Å². The monoisotopic (exact) mass is 420 g/mol. The van der Waals surface area contributed by atoms with Crippen LogP contribution in [0.25, 0.3) is 0 Å². The number of aryl methyl sites for hydroxylation is 1. The molecule has 0 aliphatic carbocycles. The number of piperazine rings is 1. The van der Waals surface area contributed by atoms with E-state index in [-0.39, 0.29) is 42.7 Å². The van der Waals surface area contributed by atoms with Gasteiger partial charge in [-0.05, 0) is 31.2 Å². The number of rotatable bonds is 3. The SMILES string of the molecule is Cc1nc(N2CCN(S(=O)(=O)c3ccc(Cl)cc3)CC2)cc(C(F)(F)F)n1. The third kappa shape index (κ3) is 4.33. The second-order valence-electron chi connectivity index (χ2n) is 6.00. The zero-order valence-electron chi connectivity index (χ0n) is 14.2. The third-order valence-corrected chi connectivity index (χ3v) is 6.29. The van der Waals surface area contributed by atoms with Crippen molar-refractivity contribution in [1.82, 2.24) is 14.3 Å². The molecule has 1 aromatic heterocycles. The van der Waals surface area contributed by atoms with E-state index in [9.17, 15) is 21.6 Å². The van der Waals surface area contributed by atoms with Gasteiger partial charge in [0.15, 0.2) is 0 Å². The first-order valence-corrected chi connectivity index (χ1v) is 9.83. The fraction of sp³-hybridized carbons (Fsp3) is 0.375. The maximum Gasteiger partial charge on any atom is 0.433 e. The highest BCUT2D eigenvalue weighted by atomic mass is 35.5. The van der Waals surface area contributed by atoms with Gasteiger partial charge in [0.2, 0.25) is 10.0 Å². The van der Waals surface area contributed by atoms with Crippen molar-refractivity contribution >= 4 is 27.4 Å². The molecule has 3 rings (SSSR count). The lowest BCUT2D eigenvalue weighted by Gasteiger charge is -2.34. The van der Waals surface area contributed by atoms with Crippen LogP contribution in [0.4, 0.5) is 19.0 Å². The van der Waals surface area contributed by atoms with Crippen LogP contribution in [0.2, 0.25) is 5.02 Å². The van der Waals surface area contributed by atoms with Crippen LogP contribution >= 0.6 is 11.6 Å². The number of halogens is 4. The van der Waals surface area contributed by atoms with Crippen molar-refractivity contribution in [3.05, 3.63) is 46.9 Å². The maximum absolute atomic E-state index is 12.9. The average molecular weight is 421 g/mol. The summed E-state index contributed by atoms with van der Waals surface area (Å²) in [6.07, 6.45) is -4.57. The highest BCUT2D eigenvalue weighted by molar-refractivity contribution is 7.89. The Bertz CT molecular complexity index is 928. The molecule has 1 aliphatic rings. The quantitative estimate of drug-likeness (QED) is 0.763. The lowest BCUT2D eigenvalue weighted by atomic mass is 10.3. The van der Waals surface area contributed by atoms with E-state index in [1.54, 1.807) is 4.90 Å². The predicted molar refractivity (Wildman–Crippen MR) is 94.2 cm³/mol. The molecule has 0 amide bonds. The van der Waals surface area contributed by atoms with Gasteiger partial charge in [-0.3, -0.25) is 0 Å². The Hall–Kier alpha value is -1.91. The Morgan fingerprint density at radius 2 is 1.63 bits per heavy atom. The standard InChI is InChI=1S/C16H16ClF3N4O2S/c1-11-21-14(16(18,19)20)10-15(22-11)23-6-8-24(9-7-23)27(25,26)13-4-2-12(17)3-5-13/h2-5,10H,6-9H2,1H3. The predicted octanol–water partition coefficient (Wildman–Crippen LogP) is 2.97. The van der Waals surface area contributed by atoms with Gasteiger partial charge in [0, 0.05) is 37.3 Å². The van der Waals surface area contributed by atoms with E-state index < -0.39 is 21.9 Å². The molecule has 11 heteroatoms. The van der Waals surface area contributed by atoms with Gasteiger partial charge in [-0.1, -0.05) is 11.6 Å². The molecule has 0 N–H and O–H groups in total. The van der Waals surface area contributed by atoms with Crippen LogP contribution in [-0.2, 0) is 16.2 Å². The van der Waals surface area contributed by atoms with E-state index in [1.807, 2.05) is 0 Å². The number of benzene rings is 1. The Morgan fingerprint density at radius 1 is 1.04 bits per heavy atom. The normalized spacial score (nSPS) is 16.6. The molecule has 0 saturated carbocycles. The van der Waals surface area contributed by atoms with Crippen molar-refractivity contribution in [2.75, 3.05) is 31.1 Å². The van der Waals surface area contributed by atoms with Crippen LogP contribution in [0, 0.1) is 6.92 Å². The molecule has 1 aliphatic heterocycles. The maximum atomic E-state index is 12.9. The topological polar surface area (TPSA) is 66.4 Å². The number of hydrogen-bond acceptors (Lipinski definition) is 5. The zero-order valence-corrected chi connectivity index (χ0v) is 15.8. The van der Waals surface area contributed by atoms with Crippen LogP contribution in [0.15, 0.2) is 35.2 Å². The molecule has 0 radical (unpaired) electrons. The van der Waals surface area contributed by atoms with Gasteiger partial charge in [0.1, 0.15) is 17.3 Å². The molecule has 27 heavy (non-hydrogen) atoms. The number of sulfonamides is 1. The molecule has 2 heterocycles. The summed E-state index contributed by atoms with van der Waals surface area (Å²) in [7, 11) is -3.69. The summed E-state index contributed by atoms with van der Waals surface area (Å²) in [5.41, 5.74) is -1.01. The van der Waals surface area contributed by atoms with Crippen molar-refractivity contribution in [2.24, 2.45) is 0 Å². The summed E-state index contributed by atoms with van der Waals surface area (Å²) < 4.78 is 65.5. The van der Waals surface area contributed by atoms with E-state index in [0.29, 0.717) is 5.02 Å². The fourth-order valence-corrected chi connectivity index (χ4v) is 4.32. The minimum absolute atomic E-state index is 0.0102. The van der Waals surface area contributed by atoms with Crippen LogP contribution in [-0.4, -0.2) is 48.9 Å². The van der Waals surface area contributed by atoms with Gasteiger partial charge in [-0.2, -0.15) is 17.5 Å². The number of anilines is 1. The molecular weight excluding hydrogens is 405 g/mol. The Kier molecular flexibility index (Phi) is 5.33. The number of nitrogens with zero attached hydrogens (tertiary/aromatic N) is 4. The van der Waals surface area contributed by atoms with Crippen LogP contribution in [0.3, 0.4) is 0 Å². The second kappa shape index (κ2) is 7.25. The first-order valence-electron chi connectivity index (χ1n) is 8.01. The van der Waals surface area contributed by atoms with Gasteiger partial charge in [0.25, 0.3) is 0 Å². The molecule has 0 spiro atoms. The highest BCUT2D eigenvalue weighted by Crippen LogP contribution is 2.30. The first-order chi connectivity index (χ1) is 12.6. The van der Waals surface area contributed by atoms with Crippen LogP contribution in [0.5, 0.6) is 0 Å². The summed E-state index contributed by atoms with van der Waals surface area (Å²) in [6.45, 7) is 2.10. The number of aromatic nitrogens is 2. The molecule has 0 bridgehead atoms. The molecule has 0 unspecified atom stereocenters. The van der Waals surface area contributed by atoms with Gasteiger partial charge in [0.05, 0.1) is 4.90 Å². The Morgan fingerprint density at radius 3 is 2.19 bits per heavy atom. The molecule has 0 atom stereocenters. The summed E-state index contributed by atoms with van der Waals surface area (Å²) >= 11 is 5.78. The summed E-state index contributed by atoms with van der Waals surface area (Å²) in [5.74, 6) is 0.148. The minimum Gasteiger partial charge on any atom is -0.354 e. The van der Waals surface area contributed by atoms with E-state index in [1.165, 1.54) is 35.5 Å². The number of hydrogen-bond donors (Lipinski definition) is 0. The van der Waals surface area contributed by atoms with Crippen molar-refractivity contribution in [2.45, 2.75) is 18.0 Å². The largest absolute Gasteiger partial charge is 0.433 e. The summed E-state index contributed by atoms with van der Waals surface area (Å²) in [4.78, 5) is 9.22. The van der Waals surface area contributed by atoms with Gasteiger partial charge >= 0.3 is 6.18 Å². The summed E-state index contributed by atoms with van der Waals surface area (Å²) in [6, 6.07) is 6.72. The smallest absolute Gasteiger partial charge is 0.354 e. The lowest BCUT2D eigenvalue weighted by molar-refractivity contribution is -0.141. The molecule has 1 saturated heterocycles. The van der Waals surface area contributed by atoms with Crippen LogP contribution in [0.1, 0.15) is 11.5 Å².